The van der Waals surface area contributed by atoms with Gasteiger partial charge in [0, 0.05) is 23.5 Å². The Labute approximate surface area is 108 Å². The average Bonchev–Trinajstić information content (AvgIpc) is 2.91. The zero-order chi connectivity index (χ0) is 13.8. The number of rotatable bonds is 0. The molecule has 0 amide bonds. The van der Waals surface area contributed by atoms with Crippen LogP contribution in [0.25, 0.3) is 0 Å². The highest BCUT2D eigenvalue weighted by Crippen LogP contribution is 2.19. The lowest BCUT2D eigenvalue weighted by atomic mass is 9.89. The van der Waals surface area contributed by atoms with Crippen LogP contribution >= 0.6 is 0 Å². The zero-order valence-electron chi connectivity index (χ0n) is 12.0. The van der Waals surface area contributed by atoms with Crippen LogP contribution in [-0.2, 0) is 5.41 Å². The van der Waals surface area contributed by atoms with Gasteiger partial charge in [-0.1, -0.05) is 46.8 Å². The fraction of sp³-hybridized carbons (Fsp3) is 0.750. The molecule has 1 aliphatic rings. The number of nitrogens with one attached hydrogen (secondary N) is 1. The molecule has 0 aliphatic carbocycles. The topological polar surface area (TPSA) is 79.2 Å². The summed E-state index contributed by atoms with van der Waals surface area (Å²) in [6.45, 7) is 12.6. The molecule has 0 atom stereocenters. The Bertz CT molecular complexity index is 416. The van der Waals surface area contributed by atoms with Crippen molar-refractivity contribution in [3.05, 3.63) is 5.82 Å². The fourth-order valence-corrected chi connectivity index (χ4v) is 1.21. The number of nitrogens with zero attached hydrogens (tertiary/aromatic N) is 5. The predicted molar refractivity (Wildman–Crippen MR) is 72.9 cm³/mol. The Hall–Kier alpha value is -1.59. The second kappa shape index (κ2) is 5.37. The van der Waals surface area contributed by atoms with Crippen molar-refractivity contribution in [1.29, 1.82) is 0 Å². The smallest absolute Gasteiger partial charge is 0.177 e. The number of hydrogen-bond acceptors (Lipinski definition) is 5. The van der Waals surface area contributed by atoms with E-state index in [9.17, 15) is 0 Å². The molecule has 6 nitrogen and oxygen atoms in total. The van der Waals surface area contributed by atoms with Crippen LogP contribution in [0, 0.1) is 5.41 Å². The van der Waals surface area contributed by atoms with Crippen molar-refractivity contribution < 1.29 is 0 Å². The highest BCUT2D eigenvalue weighted by molar-refractivity contribution is 6.01. The van der Waals surface area contributed by atoms with Gasteiger partial charge in [0.15, 0.2) is 5.82 Å². The molecule has 18 heavy (non-hydrogen) atoms. The minimum atomic E-state index is 0.00694. The number of hydrogen-bond donors (Lipinski definition) is 1. The normalized spacial score (nSPS) is 15.1. The summed E-state index contributed by atoms with van der Waals surface area (Å²) < 4.78 is 0. The van der Waals surface area contributed by atoms with E-state index in [1.54, 1.807) is 0 Å². The molecule has 2 heterocycles. The predicted octanol–water partition coefficient (Wildman–Crippen LogP) is 2.36. The fourth-order valence-electron chi connectivity index (χ4n) is 1.21. The van der Waals surface area contributed by atoms with E-state index in [2.05, 4.69) is 51.6 Å². The SMILES string of the molecule is CC(C)(C)C1=NN=CC1.CC(C)(C)c1nn[nH]n1. The average molecular weight is 250 g/mol. The summed E-state index contributed by atoms with van der Waals surface area (Å²) in [6, 6.07) is 0. The molecule has 6 heteroatoms. The van der Waals surface area contributed by atoms with E-state index >= 15 is 0 Å². The van der Waals surface area contributed by atoms with E-state index in [0.29, 0.717) is 0 Å². The van der Waals surface area contributed by atoms with Crippen molar-refractivity contribution in [1.82, 2.24) is 20.6 Å². The van der Waals surface area contributed by atoms with Gasteiger partial charge in [-0.3, -0.25) is 0 Å². The first-order chi connectivity index (χ1) is 8.21. The zero-order valence-corrected chi connectivity index (χ0v) is 12.0. The first kappa shape index (κ1) is 14.5. The third-order valence-electron chi connectivity index (χ3n) is 2.43. The molecule has 0 spiro atoms. The largest absolute Gasteiger partial charge is 0.179 e. The molecule has 0 saturated carbocycles. The second-order valence-corrected chi connectivity index (χ2v) is 6.28. The van der Waals surface area contributed by atoms with Gasteiger partial charge in [-0.05, 0) is 0 Å². The Morgan fingerprint density at radius 3 is 1.94 bits per heavy atom. The van der Waals surface area contributed by atoms with Crippen LogP contribution in [0.5, 0.6) is 0 Å². The highest BCUT2D eigenvalue weighted by Gasteiger charge is 2.19. The van der Waals surface area contributed by atoms with Gasteiger partial charge in [0.2, 0.25) is 0 Å². The van der Waals surface area contributed by atoms with Gasteiger partial charge in [-0.15, -0.1) is 10.2 Å². The molecule has 0 saturated heterocycles. The van der Waals surface area contributed by atoms with Gasteiger partial charge in [0.25, 0.3) is 0 Å². The van der Waals surface area contributed by atoms with Gasteiger partial charge < -0.3 is 0 Å². The van der Waals surface area contributed by atoms with Gasteiger partial charge >= 0.3 is 0 Å². The maximum atomic E-state index is 3.99. The Morgan fingerprint density at radius 2 is 1.72 bits per heavy atom. The van der Waals surface area contributed by atoms with Gasteiger partial charge in [0.1, 0.15) is 0 Å². The quantitative estimate of drug-likeness (QED) is 0.767. The lowest BCUT2D eigenvalue weighted by Crippen LogP contribution is -2.18. The third kappa shape index (κ3) is 4.35. The van der Waals surface area contributed by atoms with E-state index in [1.165, 1.54) is 5.71 Å². The highest BCUT2D eigenvalue weighted by atomic mass is 15.5. The van der Waals surface area contributed by atoms with Gasteiger partial charge in [-0.2, -0.15) is 15.4 Å². The second-order valence-electron chi connectivity index (χ2n) is 6.28. The van der Waals surface area contributed by atoms with E-state index < -0.39 is 0 Å². The van der Waals surface area contributed by atoms with Crippen LogP contribution in [0.4, 0.5) is 0 Å². The molecule has 1 aromatic rings. The van der Waals surface area contributed by atoms with Crippen LogP contribution in [-0.4, -0.2) is 32.6 Å². The molecule has 0 bridgehead atoms. The summed E-state index contributed by atoms with van der Waals surface area (Å²) in [5, 5.41) is 21.3. The standard InChI is InChI=1S/C7H12N2.C5H10N4/c1-7(2,3)6-4-5-8-9-6;1-5(2,3)4-6-8-9-7-4/h5H,4H2,1-3H3;1-3H3,(H,6,7,8,9). The number of aromatic amines is 1. The van der Waals surface area contributed by atoms with Crippen LogP contribution in [0.3, 0.4) is 0 Å². The van der Waals surface area contributed by atoms with Crippen LogP contribution in [0.2, 0.25) is 0 Å². The number of H-pyrrole nitrogens is 1. The molecule has 1 aliphatic heterocycles. The Balaban J connectivity index is 0.000000180. The monoisotopic (exact) mass is 250 g/mol. The minimum absolute atomic E-state index is 0.00694. The summed E-state index contributed by atoms with van der Waals surface area (Å²) in [4.78, 5) is 0. The lowest BCUT2D eigenvalue weighted by molar-refractivity contribution is 0.546. The first-order valence-corrected chi connectivity index (χ1v) is 6.04. The van der Waals surface area contributed by atoms with Gasteiger partial charge in [0.05, 0.1) is 5.71 Å². The van der Waals surface area contributed by atoms with Crippen molar-refractivity contribution in [2.75, 3.05) is 0 Å². The number of aromatic nitrogens is 4. The molecule has 1 aromatic heterocycles. The third-order valence-corrected chi connectivity index (χ3v) is 2.43. The maximum Gasteiger partial charge on any atom is 0.179 e. The van der Waals surface area contributed by atoms with Crippen molar-refractivity contribution in [3.8, 4) is 0 Å². The van der Waals surface area contributed by atoms with Crippen molar-refractivity contribution >= 4 is 11.9 Å². The summed E-state index contributed by atoms with van der Waals surface area (Å²) in [5.74, 6) is 0.752. The van der Waals surface area contributed by atoms with E-state index in [4.69, 9.17) is 0 Å². The summed E-state index contributed by atoms with van der Waals surface area (Å²) >= 11 is 0. The van der Waals surface area contributed by atoms with Crippen LogP contribution in [0.15, 0.2) is 10.2 Å². The first-order valence-electron chi connectivity index (χ1n) is 6.04. The summed E-state index contributed by atoms with van der Waals surface area (Å²) in [7, 11) is 0. The van der Waals surface area contributed by atoms with E-state index in [0.717, 1.165) is 12.2 Å². The van der Waals surface area contributed by atoms with E-state index in [-0.39, 0.29) is 10.8 Å². The van der Waals surface area contributed by atoms with Crippen molar-refractivity contribution in [2.45, 2.75) is 53.4 Å². The molecule has 0 aromatic carbocycles. The molecular formula is C12H22N6. The molecule has 1 N–H and O–H groups in total. The molecule has 100 valence electrons. The minimum Gasteiger partial charge on any atom is -0.177 e. The lowest BCUT2D eigenvalue weighted by Gasteiger charge is -2.16. The molecular weight excluding hydrogens is 228 g/mol. The molecule has 0 unspecified atom stereocenters. The van der Waals surface area contributed by atoms with Crippen LogP contribution < -0.4 is 0 Å². The van der Waals surface area contributed by atoms with Crippen molar-refractivity contribution in [2.24, 2.45) is 15.6 Å². The molecule has 0 fully saturated rings. The van der Waals surface area contributed by atoms with Crippen molar-refractivity contribution in [3.63, 3.8) is 0 Å². The summed E-state index contributed by atoms with van der Waals surface area (Å²) in [6.07, 6.45) is 2.78. The molecule has 0 radical (unpaired) electrons. The molecule has 2 rings (SSSR count). The van der Waals surface area contributed by atoms with E-state index in [1.807, 2.05) is 27.0 Å². The maximum absolute atomic E-state index is 3.99. The number of tetrazole rings is 1. The Morgan fingerprint density at radius 1 is 1.06 bits per heavy atom. The summed E-state index contributed by atoms with van der Waals surface area (Å²) in [5.41, 5.74) is 1.39. The van der Waals surface area contributed by atoms with Crippen LogP contribution in [0.1, 0.15) is 53.8 Å². The Kier molecular flexibility index (Phi) is 4.32. The van der Waals surface area contributed by atoms with Gasteiger partial charge in [-0.25, -0.2) is 0 Å².